The first-order valence-electron chi connectivity index (χ1n) is 8.20. The number of halogens is 1. The summed E-state index contributed by atoms with van der Waals surface area (Å²) < 4.78 is 35.9. The summed E-state index contributed by atoms with van der Waals surface area (Å²) in [5.41, 5.74) is 0.366. The number of amides is 1. The normalized spacial score (nSPS) is 21.4. The van der Waals surface area contributed by atoms with Gasteiger partial charge < -0.3 is 14.8 Å². The Balaban J connectivity index is 1.73. The first-order chi connectivity index (χ1) is 11.8. The Bertz CT molecular complexity index is 768. The molecule has 7 nitrogen and oxygen atoms in total. The summed E-state index contributed by atoms with van der Waals surface area (Å²) in [7, 11) is -3.26. The van der Waals surface area contributed by atoms with Gasteiger partial charge in [0.1, 0.15) is 0 Å². The van der Waals surface area contributed by atoms with E-state index in [1.54, 1.807) is 12.1 Å². The summed E-state index contributed by atoms with van der Waals surface area (Å²) >= 11 is 6.22. The molecule has 1 aromatic rings. The maximum Gasteiger partial charge on any atom is 0.251 e. The second-order valence-electron chi connectivity index (χ2n) is 6.27. The predicted molar refractivity (Wildman–Crippen MR) is 94.0 cm³/mol. The van der Waals surface area contributed by atoms with Gasteiger partial charge in [0.15, 0.2) is 11.5 Å². The molecule has 138 valence electrons. The van der Waals surface area contributed by atoms with Crippen LogP contribution in [0.1, 0.15) is 29.6 Å². The fourth-order valence-electron chi connectivity index (χ4n) is 2.99. The third-order valence-electron chi connectivity index (χ3n) is 4.25. The third-order valence-corrected chi connectivity index (χ3v) is 5.80. The zero-order valence-corrected chi connectivity index (χ0v) is 15.5. The summed E-state index contributed by atoms with van der Waals surface area (Å²) in [6, 6.07) is 2.92. The molecule has 1 amide bonds. The summed E-state index contributed by atoms with van der Waals surface area (Å²) in [5, 5.41) is 3.21. The van der Waals surface area contributed by atoms with Crippen LogP contribution in [0.25, 0.3) is 0 Å². The number of piperidine rings is 1. The molecule has 2 heterocycles. The Morgan fingerprint density at radius 1 is 1.28 bits per heavy atom. The van der Waals surface area contributed by atoms with Crippen LogP contribution in [-0.2, 0) is 10.0 Å². The van der Waals surface area contributed by atoms with Gasteiger partial charge in [-0.05, 0) is 25.0 Å². The van der Waals surface area contributed by atoms with Gasteiger partial charge in [0.05, 0.1) is 24.5 Å². The molecule has 1 N–H and O–H groups in total. The van der Waals surface area contributed by atoms with E-state index in [2.05, 4.69) is 5.32 Å². The minimum atomic E-state index is -3.26. The lowest BCUT2D eigenvalue weighted by atomic mass is 10.1. The molecule has 0 radical (unpaired) electrons. The Morgan fingerprint density at radius 2 is 2.04 bits per heavy atom. The molecule has 1 saturated heterocycles. The fourth-order valence-corrected chi connectivity index (χ4v) is 4.17. The van der Waals surface area contributed by atoms with Crippen LogP contribution in [0.15, 0.2) is 12.1 Å². The topological polar surface area (TPSA) is 84.9 Å². The van der Waals surface area contributed by atoms with Gasteiger partial charge >= 0.3 is 0 Å². The molecule has 0 aliphatic carbocycles. The second kappa shape index (κ2) is 7.39. The Kier molecular flexibility index (Phi) is 5.41. The monoisotopic (exact) mass is 388 g/mol. The molecule has 9 heteroatoms. The van der Waals surface area contributed by atoms with Gasteiger partial charge in [0, 0.05) is 31.1 Å². The second-order valence-corrected chi connectivity index (χ2v) is 8.66. The Morgan fingerprint density at radius 3 is 2.80 bits per heavy atom. The van der Waals surface area contributed by atoms with Crippen LogP contribution in [0.4, 0.5) is 0 Å². The van der Waals surface area contributed by atoms with E-state index in [0.717, 1.165) is 12.8 Å². The molecule has 1 unspecified atom stereocenters. The average molecular weight is 389 g/mol. The predicted octanol–water partition coefficient (Wildman–Crippen LogP) is 1.66. The van der Waals surface area contributed by atoms with E-state index in [4.69, 9.17) is 21.1 Å². The van der Waals surface area contributed by atoms with Crippen molar-refractivity contribution in [3.63, 3.8) is 0 Å². The number of ether oxygens (including phenoxy) is 2. The molecule has 2 aliphatic rings. The van der Waals surface area contributed by atoms with Crippen molar-refractivity contribution in [1.29, 1.82) is 0 Å². The van der Waals surface area contributed by atoms with Crippen LogP contribution in [0, 0.1) is 0 Å². The SMILES string of the molecule is CS(=O)(=O)N1CCCC(NC(=O)c2cc(Cl)c3c(c2)OCCCO3)C1. The van der Waals surface area contributed by atoms with Crippen LogP contribution in [0.5, 0.6) is 11.5 Å². The molecule has 0 spiro atoms. The zero-order valence-electron chi connectivity index (χ0n) is 14.0. The van der Waals surface area contributed by atoms with Crippen molar-refractivity contribution in [3.8, 4) is 11.5 Å². The maximum absolute atomic E-state index is 12.6. The van der Waals surface area contributed by atoms with Crippen molar-refractivity contribution in [3.05, 3.63) is 22.7 Å². The van der Waals surface area contributed by atoms with Crippen molar-refractivity contribution >= 4 is 27.5 Å². The first kappa shape index (κ1) is 18.3. The highest BCUT2D eigenvalue weighted by molar-refractivity contribution is 7.88. The van der Waals surface area contributed by atoms with Gasteiger partial charge in [0.25, 0.3) is 5.91 Å². The number of nitrogens with zero attached hydrogens (tertiary/aromatic N) is 1. The number of hydrogen-bond donors (Lipinski definition) is 1. The first-order valence-corrected chi connectivity index (χ1v) is 10.4. The smallest absolute Gasteiger partial charge is 0.251 e. The lowest BCUT2D eigenvalue weighted by molar-refractivity contribution is 0.0921. The molecule has 0 bridgehead atoms. The van der Waals surface area contributed by atoms with Crippen LogP contribution in [0.2, 0.25) is 5.02 Å². The van der Waals surface area contributed by atoms with E-state index in [1.165, 1.54) is 10.6 Å². The van der Waals surface area contributed by atoms with Crippen LogP contribution >= 0.6 is 11.6 Å². The van der Waals surface area contributed by atoms with E-state index >= 15 is 0 Å². The highest BCUT2D eigenvalue weighted by atomic mass is 35.5. The lowest BCUT2D eigenvalue weighted by Crippen LogP contribution is -2.49. The Hall–Kier alpha value is -1.51. The summed E-state index contributed by atoms with van der Waals surface area (Å²) in [4.78, 5) is 12.6. The van der Waals surface area contributed by atoms with Crippen molar-refractivity contribution < 1.29 is 22.7 Å². The lowest BCUT2D eigenvalue weighted by Gasteiger charge is -2.31. The Labute approximate surface area is 152 Å². The van der Waals surface area contributed by atoms with E-state index in [1.807, 2.05) is 0 Å². The van der Waals surface area contributed by atoms with Crippen molar-refractivity contribution in [2.45, 2.75) is 25.3 Å². The van der Waals surface area contributed by atoms with E-state index in [9.17, 15) is 13.2 Å². The number of sulfonamides is 1. The van der Waals surface area contributed by atoms with Gasteiger partial charge in [-0.3, -0.25) is 4.79 Å². The molecule has 1 fully saturated rings. The maximum atomic E-state index is 12.6. The van der Waals surface area contributed by atoms with Crippen LogP contribution in [-0.4, -0.2) is 57.2 Å². The quantitative estimate of drug-likeness (QED) is 0.851. The molecular formula is C16H21ClN2O5S. The average Bonchev–Trinajstić information content (AvgIpc) is 2.80. The summed E-state index contributed by atoms with van der Waals surface area (Å²) in [6.07, 6.45) is 3.37. The van der Waals surface area contributed by atoms with Crippen molar-refractivity contribution in [1.82, 2.24) is 9.62 Å². The van der Waals surface area contributed by atoms with Crippen LogP contribution < -0.4 is 14.8 Å². The molecule has 3 rings (SSSR count). The summed E-state index contributed by atoms with van der Waals surface area (Å²) in [5.74, 6) is 0.603. The van der Waals surface area contributed by atoms with E-state index < -0.39 is 10.0 Å². The van der Waals surface area contributed by atoms with Crippen LogP contribution in [0.3, 0.4) is 0 Å². The standard InChI is InChI=1S/C16H21ClN2O5S/c1-25(21,22)19-5-2-4-12(10-19)18-16(20)11-8-13(17)15-14(9-11)23-6-3-7-24-15/h8-9,12H,2-7,10H2,1H3,(H,18,20). The van der Waals surface area contributed by atoms with E-state index in [0.29, 0.717) is 48.3 Å². The number of rotatable bonds is 3. The molecule has 1 atom stereocenters. The number of carbonyl (C=O) groups excluding carboxylic acids is 1. The minimum absolute atomic E-state index is 0.231. The number of fused-ring (bicyclic) bond motifs is 1. The van der Waals surface area contributed by atoms with Gasteiger partial charge in [-0.25, -0.2) is 12.7 Å². The summed E-state index contributed by atoms with van der Waals surface area (Å²) in [6.45, 7) is 1.78. The molecule has 1 aromatic carbocycles. The molecule has 25 heavy (non-hydrogen) atoms. The largest absolute Gasteiger partial charge is 0.489 e. The van der Waals surface area contributed by atoms with Gasteiger partial charge in [-0.1, -0.05) is 11.6 Å². The third kappa shape index (κ3) is 4.37. The van der Waals surface area contributed by atoms with Gasteiger partial charge in [-0.2, -0.15) is 0 Å². The molecule has 0 aromatic heterocycles. The number of hydrogen-bond acceptors (Lipinski definition) is 5. The zero-order chi connectivity index (χ0) is 18.0. The van der Waals surface area contributed by atoms with Gasteiger partial charge in [0.2, 0.25) is 10.0 Å². The molecule has 0 saturated carbocycles. The highest BCUT2D eigenvalue weighted by Gasteiger charge is 2.27. The fraction of sp³-hybridized carbons (Fsp3) is 0.562. The molecular weight excluding hydrogens is 368 g/mol. The van der Waals surface area contributed by atoms with Crippen molar-refractivity contribution in [2.24, 2.45) is 0 Å². The van der Waals surface area contributed by atoms with Gasteiger partial charge in [-0.15, -0.1) is 0 Å². The number of carbonyl (C=O) groups is 1. The van der Waals surface area contributed by atoms with E-state index in [-0.39, 0.29) is 18.5 Å². The minimum Gasteiger partial charge on any atom is -0.489 e. The molecule has 2 aliphatic heterocycles. The number of benzene rings is 1. The number of nitrogens with one attached hydrogen (secondary N) is 1. The van der Waals surface area contributed by atoms with Crippen molar-refractivity contribution in [2.75, 3.05) is 32.6 Å². The highest BCUT2D eigenvalue weighted by Crippen LogP contribution is 2.38.